The molecule has 24 heavy (non-hydrogen) atoms. The third-order valence-corrected chi connectivity index (χ3v) is 5.20. The Bertz CT molecular complexity index is 567. The molecule has 0 spiro atoms. The van der Waals surface area contributed by atoms with E-state index in [0.29, 0.717) is 6.54 Å². The van der Waals surface area contributed by atoms with E-state index in [1.165, 1.54) is 0 Å². The van der Waals surface area contributed by atoms with Crippen molar-refractivity contribution in [3.63, 3.8) is 0 Å². The lowest BCUT2D eigenvalue weighted by atomic mass is 9.81. The Morgan fingerprint density at radius 2 is 1.79 bits per heavy atom. The molecule has 1 unspecified atom stereocenters. The van der Waals surface area contributed by atoms with Crippen LogP contribution in [0.2, 0.25) is 0 Å². The van der Waals surface area contributed by atoms with E-state index in [4.69, 9.17) is 5.73 Å². The van der Waals surface area contributed by atoms with Crippen molar-refractivity contribution in [1.29, 1.82) is 0 Å². The summed E-state index contributed by atoms with van der Waals surface area (Å²) >= 11 is 0. The Kier molecular flexibility index (Phi) is 5.99. The molecule has 1 aromatic carbocycles. The van der Waals surface area contributed by atoms with Crippen LogP contribution in [0.25, 0.3) is 0 Å². The Balaban J connectivity index is 1.97. The van der Waals surface area contributed by atoms with Crippen molar-refractivity contribution >= 4 is 17.5 Å². The molecule has 132 valence electrons. The van der Waals surface area contributed by atoms with Crippen LogP contribution in [0.15, 0.2) is 24.3 Å². The fraction of sp³-hybridized carbons (Fsp3) is 0.579. The number of hydrogen-bond acceptors (Lipinski definition) is 3. The fourth-order valence-corrected chi connectivity index (χ4v) is 2.83. The first-order valence-electron chi connectivity index (χ1n) is 8.87. The van der Waals surface area contributed by atoms with E-state index in [-0.39, 0.29) is 23.8 Å². The van der Waals surface area contributed by atoms with E-state index < -0.39 is 5.41 Å². The van der Waals surface area contributed by atoms with Gasteiger partial charge >= 0.3 is 0 Å². The quantitative estimate of drug-likeness (QED) is 0.684. The molecule has 0 heterocycles. The summed E-state index contributed by atoms with van der Waals surface area (Å²) in [6, 6.07) is 7.54. The molecule has 2 rings (SSSR count). The summed E-state index contributed by atoms with van der Waals surface area (Å²) in [6.07, 6.45) is 3.44. The van der Waals surface area contributed by atoms with Crippen LogP contribution in [0.4, 0.5) is 5.69 Å². The Morgan fingerprint density at radius 1 is 1.21 bits per heavy atom. The van der Waals surface area contributed by atoms with E-state index in [1.54, 1.807) is 0 Å². The fourth-order valence-electron chi connectivity index (χ4n) is 2.83. The molecule has 2 amide bonds. The van der Waals surface area contributed by atoms with Gasteiger partial charge in [-0.15, -0.1) is 0 Å². The molecule has 4 N–H and O–H groups in total. The average Bonchev–Trinajstić information content (AvgIpc) is 3.42. The summed E-state index contributed by atoms with van der Waals surface area (Å²) in [5, 5.41) is 5.99. The number of anilines is 1. The van der Waals surface area contributed by atoms with E-state index in [2.05, 4.69) is 10.6 Å². The molecule has 0 aromatic heterocycles. The van der Waals surface area contributed by atoms with Gasteiger partial charge in [0.25, 0.3) is 0 Å². The van der Waals surface area contributed by atoms with E-state index in [9.17, 15) is 9.59 Å². The maximum Gasteiger partial charge on any atom is 0.227 e. The predicted octanol–water partition coefficient (Wildman–Crippen LogP) is 2.98. The molecular weight excluding hydrogens is 302 g/mol. The van der Waals surface area contributed by atoms with Gasteiger partial charge in [-0.25, -0.2) is 0 Å². The predicted molar refractivity (Wildman–Crippen MR) is 96.4 cm³/mol. The van der Waals surface area contributed by atoms with E-state index in [0.717, 1.165) is 36.9 Å². The summed E-state index contributed by atoms with van der Waals surface area (Å²) < 4.78 is 0. The van der Waals surface area contributed by atoms with Gasteiger partial charge in [-0.2, -0.15) is 0 Å². The molecule has 1 aromatic rings. The second-order valence-corrected chi connectivity index (χ2v) is 6.77. The molecule has 1 aliphatic carbocycles. The lowest BCUT2D eigenvalue weighted by Gasteiger charge is -2.30. The van der Waals surface area contributed by atoms with Crippen LogP contribution in [0.1, 0.15) is 58.1 Å². The summed E-state index contributed by atoms with van der Waals surface area (Å²) in [5.74, 6) is 0.298. The van der Waals surface area contributed by atoms with Crippen LogP contribution in [0.3, 0.4) is 0 Å². The summed E-state index contributed by atoms with van der Waals surface area (Å²) in [6.45, 7) is 6.31. The Hall–Kier alpha value is -1.88. The third kappa shape index (κ3) is 4.15. The highest BCUT2D eigenvalue weighted by molar-refractivity contribution is 5.94. The van der Waals surface area contributed by atoms with Crippen molar-refractivity contribution in [3.8, 4) is 0 Å². The van der Waals surface area contributed by atoms with Gasteiger partial charge in [0.1, 0.15) is 0 Å². The van der Waals surface area contributed by atoms with E-state index in [1.807, 2.05) is 45.0 Å². The lowest BCUT2D eigenvalue weighted by Crippen LogP contribution is -2.46. The highest BCUT2D eigenvalue weighted by Gasteiger charge is 2.34. The molecule has 1 aliphatic rings. The maximum atomic E-state index is 12.6. The SMILES string of the molecule is CCC(CC)(CN)C(=O)NC(C)c1ccc(NC(=O)C2CC2)cc1. The molecule has 5 heteroatoms. The largest absolute Gasteiger partial charge is 0.349 e. The van der Waals surface area contributed by atoms with Crippen molar-refractivity contribution in [3.05, 3.63) is 29.8 Å². The third-order valence-electron chi connectivity index (χ3n) is 5.20. The van der Waals surface area contributed by atoms with Gasteiger partial charge in [-0.05, 0) is 50.3 Å². The number of hydrogen-bond donors (Lipinski definition) is 3. The summed E-state index contributed by atoms with van der Waals surface area (Å²) in [5.41, 5.74) is 7.15. The van der Waals surface area contributed by atoms with Crippen molar-refractivity contribution in [2.24, 2.45) is 17.1 Å². The van der Waals surface area contributed by atoms with E-state index >= 15 is 0 Å². The number of carbonyl (C=O) groups is 2. The van der Waals surface area contributed by atoms with Crippen molar-refractivity contribution in [2.45, 2.75) is 52.5 Å². The van der Waals surface area contributed by atoms with Crippen LogP contribution >= 0.6 is 0 Å². The van der Waals surface area contributed by atoms with Gasteiger partial charge in [0.2, 0.25) is 11.8 Å². The first-order chi connectivity index (χ1) is 11.5. The smallest absolute Gasteiger partial charge is 0.227 e. The van der Waals surface area contributed by atoms with Crippen molar-refractivity contribution in [2.75, 3.05) is 11.9 Å². The molecule has 1 saturated carbocycles. The number of benzene rings is 1. The normalized spacial score (nSPS) is 15.7. The first kappa shape index (κ1) is 18.5. The van der Waals surface area contributed by atoms with Crippen molar-refractivity contribution < 1.29 is 9.59 Å². The second kappa shape index (κ2) is 7.79. The second-order valence-electron chi connectivity index (χ2n) is 6.77. The molecule has 0 aliphatic heterocycles. The number of nitrogens with one attached hydrogen (secondary N) is 2. The standard InChI is InChI=1S/C19H29N3O2/c1-4-19(5-2,12-20)18(24)21-13(3)14-8-10-16(11-9-14)22-17(23)15-6-7-15/h8-11,13,15H,4-7,12,20H2,1-3H3,(H,21,24)(H,22,23). The van der Waals surface area contributed by atoms with Crippen LogP contribution in [0.5, 0.6) is 0 Å². The zero-order valence-corrected chi connectivity index (χ0v) is 14.9. The minimum absolute atomic E-state index is 0.00797. The average molecular weight is 331 g/mol. The highest BCUT2D eigenvalue weighted by atomic mass is 16.2. The number of nitrogens with two attached hydrogens (primary N) is 1. The zero-order valence-electron chi connectivity index (χ0n) is 14.9. The zero-order chi connectivity index (χ0) is 17.7. The molecule has 0 radical (unpaired) electrons. The van der Waals surface area contributed by atoms with Crippen molar-refractivity contribution in [1.82, 2.24) is 5.32 Å². The molecular formula is C19H29N3O2. The molecule has 1 atom stereocenters. The monoisotopic (exact) mass is 331 g/mol. The van der Waals surface area contributed by atoms with Crippen LogP contribution in [0, 0.1) is 11.3 Å². The molecule has 0 saturated heterocycles. The lowest BCUT2D eigenvalue weighted by molar-refractivity contribution is -0.131. The van der Waals surface area contributed by atoms with Gasteiger partial charge < -0.3 is 16.4 Å². The molecule has 0 bridgehead atoms. The van der Waals surface area contributed by atoms with Gasteiger partial charge in [0.15, 0.2) is 0 Å². The highest BCUT2D eigenvalue weighted by Crippen LogP contribution is 2.30. The molecule has 5 nitrogen and oxygen atoms in total. The minimum Gasteiger partial charge on any atom is -0.349 e. The van der Waals surface area contributed by atoms with Gasteiger partial charge in [0, 0.05) is 18.2 Å². The summed E-state index contributed by atoms with van der Waals surface area (Å²) in [7, 11) is 0. The Morgan fingerprint density at radius 3 is 2.25 bits per heavy atom. The van der Waals surface area contributed by atoms with Gasteiger partial charge in [-0.1, -0.05) is 26.0 Å². The number of amides is 2. The van der Waals surface area contributed by atoms with Crippen LogP contribution in [-0.4, -0.2) is 18.4 Å². The van der Waals surface area contributed by atoms with Gasteiger partial charge in [0.05, 0.1) is 11.5 Å². The molecule has 1 fully saturated rings. The minimum atomic E-state index is -0.494. The number of carbonyl (C=O) groups excluding carboxylic acids is 2. The van der Waals surface area contributed by atoms with Gasteiger partial charge in [-0.3, -0.25) is 9.59 Å². The van der Waals surface area contributed by atoms with Crippen LogP contribution < -0.4 is 16.4 Å². The number of rotatable bonds is 8. The summed E-state index contributed by atoms with van der Waals surface area (Å²) in [4.78, 5) is 24.4. The Labute approximate surface area is 144 Å². The maximum absolute atomic E-state index is 12.6. The first-order valence-corrected chi connectivity index (χ1v) is 8.87. The topological polar surface area (TPSA) is 84.2 Å². The van der Waals surface area contributed by atoms with Crippen LogP contribution in [-0.2, 0) is 9.59 Å².